The summed E-state index contributed by atoms with van der Waals surface area (Å²) in [6.07, 6.45) is 1.59. The Morgan fingerprint density at radius 1 is 1.24 bits per heavy atom. The number of carbonyl (C=O) groups is 1. The van der Waals surface area contributed by atoms with Crippen molar-refractivity contribution >= 4 is 5.97 Å². The van der Waals surface area contributed by atoms with Crippen LogP contribution in [0.4, 0.5) is 8.78 Å². The van der Waals surface area contributed by atoms with E-state index in [1.54, 1.807) is 0 Å². The average molecular weight is 351 g/mol. The molecule has 1 aromatic carbocycles. The minimum absolute atomic E-state index is 0.0959. The van der Waals surface area contributed by atoms with Crippen molar-refractivity contribution < 1.29 is 23.7 Å². The second kappa shape index (κ2) is 6.02. The van der Waals surface area contributed by atoms with Gasteiger partial charge in [-0.25, -0.2) is 13.6 Å². The number of fused-ring (bicyclic) bond motifs is 2. The molecule has 4 nitrogen and oxygen atoms in total. The fraction of sp³-hybridized carbons (Fsp3) is 0.632. The minimum atomic E-state index is -2.77. The lowest BCUT2D eigenvalue weighted by Crippen LogP contribution is -2.53. The maximum atomic E-state index is 14.1. The Hall–Kier alpha value is -1.53. The highest BCUT2D eigenvalue weighted by molar-refractivity contribution is 5.84. The van der Waals surface area contributed by atoms with Crippen molar-refractivity contribution in [2.24, 2.45) is 17.8 Å². The second-order valence-electron chi connectivity index (χ2n) is 7.79. The van der Waals surface area contributed by atoms with Crippen LogP contribution in [0.1, 0.15) is 37.7 Å². The van der Waals surface area contributed by atoms with Crippen molar-refractivity contribution in [3.63, 3.8) is 0 Å². The van der Waals surface area contributed by atoms with Gasteiger partial charge in [-0.15, -0.1) is 0 Å². The highest BCUT2D eigenvalue weighted by Gasteiger charge is 2.64. The molecular weight excluding hydrogens is 328 g/mol. The first-order valence-electron chi connectivity index (χ1n) is 9.01. The number of alkyl halides is 2. The summed E-state index contributed by atoms with van der Waals surface area (Å²) in [5, 5.41) is 12.7. The summed E-state index contributed by atoms with van der Waals surface area (Å²) >= 11 is 0. The maximum Gasteiger partial charge on any atom is 0.353 e. The number of hydrogen-bond acceptors (Lipinski definition) is 4. The SMILES string of the molecule is O=C(OO)C(c1ccccc1)(C1C2CCC1NC2)[C@@H]1CCC(F)(F)C1. The average Bonchev–Trinajstić information content (AvgIpc) is 3.32. The molecule has 4 unspecified atom stereocenters. The first-order chi connectivity index (χ1) is 12.0. The molecule has 1 saturated heterocycles. The van der Waals surface area contributed by atoms with E-state index in [9.17, 15) is 18.8 Å². The summed E-state index contributed by atoms with van der Waals surface area (Å²) in [6, 6.07) is 9.18. The van der Waals surface area contributed by atoms with Crippen molar-refractivity contribution in [3.05, 3.63) is 35.9 Å². The molecule has 3 aliphatic rings. The smallest absolute Gasteiger partial charge is 0.313 e. The quantitative estimate of drug-likeness (QED) is 0.645. The molecule has 1 heterocycles. The number of hydrogen-bond donors (Lipinski definition) is 2. The molecule has 6 heteroatoms. The largest absolute Gasteiger partial charge is 0.353 e. The fourth-order valence-electron chi connectivity index (χ4n) is 5.78. The lowest BCUT2D eigenvalue weighted by molar-refractivity contribution is -0.246. The molecule has 0 spiro atoms. The number of carbonyl (C=O) groups excluding carboxylic acids is 1. The van der Waals surface area contributed by atoms with Crippen LogP contribution >= 0.6 is 0 Å². The second-order valence-corrected chi connectivity index (χ2v) is 7.79. The topological polar surface area (TPSA) is 58.6 Å². The summed E-state index contributed by atoms with van der Waals surface area (Å²) in [5.41, 5.74) is -0.548. The normalized spacial score (nSPS) is 35.5. The first-order valence-corrected chi connectivity index (χ1v) is 9.01. The number of piperidine rings is 1. The molecule has 2 N–H and O–H groups in total. The third-order valence-corrected chi connectivity index (χ3v) is 6.68. The van der Waals surface area contributed by atoms with Crippen molar-refractivity contribution in [3.8, 4) is 0 Å². The van der Waals surface area contributed by atoms with Crippen LogP contribution in [0.15, 0.2) is 30.3 Å². The van der Waals surface area contributed by atoms with Gasteiger partial charge in [0.25, 0.3) is 0 Å². The van der Waals surface area contributed by atoms with Gasteiger partial charge in [0.1, 0.15) is 5.41 Å². The highest BCUT2D eigenvalue weighted by atomic mass is 19.3. The Kier molecular flexibility index (Phi) is 4.07. The molecule has 1 aromatic rings. The number of rotatable bonds is 4. The summed E-state index contributed by atoms with van der Waals surface area (Å²) in [4.78, 5) is 17.3. The monoisotopic (exact) mass is 351 g/mol. The van der Waals surface area contributed by atoms with Crippen LogP contribution in [0, 0.1) is 17.8 Å². The van der Waals surface area contributed by atoms with Crippen molar-refractivity contribution in [1.82, 2.24) is 5.32 Å². The van der Waals surface area contributed by atoms with Crippen molar-refractivity contribution in [2.75, 3.05) is 6.54 Å². The lowest BCUT2D eigenvalue weighted by Gasteiger charge is -2.43. The highest BCUT2D eigenvalue weighted by Crippen LogP contribution is 2.58. The zero-order chi connectivity index (χ0) is 17.7. The molecule has 2 bridgehead atoms. The zero-order valence-corrected chi connectivity index (χ0v) is 14.0. The van der Waals surface area contributed by atoms with Gasteiger partial charge in [-0.05, 0) is 49.1 Å². The number of benzene rings is 1. The van der Waals surface area contributed by atoms with Crippen LogP contribution in [0.5, 0.6) is 0 Å². The molecule has 4 rings (SSSR count). The van der Waals surface area contributed by atoms with Gasteiger partial charge in [-0.3, -0.25) is 4.89 Å². The molecule has 1 aliphatic heterocycles. The van der Waals surface area contributed by atoms with E-state index in [2.05, 4.69) is 10.2 Å². The summed E-state index contributed by atoms with van der Waals surface area (Å²) in [6.45, 7) is 0.783. The van der Waals surface area contributed by atoms with Crippen LogP contribution in [0.25, 0.3) is 0 Å². The molecule has 25 heavy (non-hydrogen) atoms. The van der Waals surface area contributed by atoms with E-state index in [0.717, 1.165) is 19.4 Å². The van der Waals surface area contributed by atoms with Crippen LogP contribution < -0.4 is 5.32 Å². The van der Waals surface area contributed by atoms with Crippen LogP contribution in [0.2, 0.25) is 0 Å². The van der Waals surface area contributed by atoms with Gasteiger partial charge >= 0.3 is 5.97 Å². The van der Waals surface area contributed by atoms with Gasteiger partial charge in [-0.1, -0.05) is 30.3 Å². The van der Waals surface area contributed by atoms with Gasteiger partial charge < -0.3 is 5.32 Å². The Morgan fingerprint density at radius 2 is 2.00 bits per heavy atom. The third kappa shape index (κ3) is 2.49. The van der Waals surface area contributed by atoms with E-state index in [1.165, 1.54) is 0 Å². The Balaban J connectivity index is 1.88. The van der Waals surface area contributed by atoms with E-state index < -0.39 is 23.2 Å². The standard InChI is InChI=1S/C19H23F2NO3/c20-18(21)9-8-14(10-18)19(17(23)25-24,13-4-2-1-3-5-13)16-12-6-7-15(16)22-11-12/h1-5,12,14-16,22,24H,6-11H2/t12?,14-,15?,16?,19?/m1/s1. The number of halogens is 2. The van der Waals surface area contributed by atoms with Crippen LogP contribution in [-0.4, -0.2) is 29.7 Å². The Labute approximate surface area is 145 Å². The number of nitrogens with one attached hydrogen (secondary N) is 1. The van der Waals surface area contributed by atoms with E-state index in [0.29, 0.717) is 5.56 Å². The van der Waals surface area contributed by atoms with Gasteiger partial charge in [0.15, 0.2) is 0 Å². The van der Waals surface area contributed by atoms with E-state index in [-0.39, 0.29) is 37.1 Å². The molecule has 2 aliphatic carbocycles. The molecule has 0 radical (unpaired) electrons. The van der Waals surface area contributed by atoms with Gasteiger partial charge in [-0.2, -0.15) is 5.26 Å². The molecule has 5 atom stereocenters. The summed E-state index contributed by atoms with van der Waals surface area (Å²) < 4.78 is 28.1. The summed E-state index contributed by atoms with van der Waals surface area (Å²) in [5.74, 6) is -4.00. The molecule has 3 fully saturated rings. The zero-order valence-electron chi connectivity index (χ0n) is 14.0. The van der Waals surface area contributed by atoms with E-state index in [1.807, 2.05) is 30.3 Å². The maximum absolute atomic E-state index is 14.1. The predicted octanol–water partition coefficient (Wildman–Crippen LogP) is 3.37. The lowest BCUT2D eigenvalue weighted by atomic mass is 9.59. The van der Waals surface area contributed by atoms with Crippen molar-refractivity contribution in [1.29, 1.82) is 0 Å². The molecule has 2 saturated carbocycles. The van der Waals surface area contributed by atoms with Gasteiger partial charge in [0.05, 0.1) is 0 Å². The summed E-state index contributed by atoms with van der Waals surface area (Å²) in [7, 11) is 0. The Bertz CT molecular complexity index is 633. The van der Waals surface area contributed by atoms with Gasteiger partial charge in [0.2, 0.25) is 5.92 Å². The predicted molar refractivity (Wildman–Crippen MR) is 87.1 cm³/mol. The molecule has 136 valence electrons. The van der Waals surface area contributed by atoms with Crippen molar-refractivity contribution in [2.45, 2.75) is 49.5 Å². The van der Waals surface area contributed by atoms with Crippen LogP contribution in [-0.2, 0) is 15.1 Å². The Morgan fingerprint density at radius 3 is 2.48 bits per heavy atom. The third-order valence-electron chi connectivity index (χ3n) is 6.68. The molecule has 0 aromatic heterocycles. The molecular formula is C19H23F2NO3. The van der Waals surface area contributed by atoms with Crippen LogP contribution in [0.3, 0.4) is 0 Å². The van der Waals surface area contributed by atoms with Gasteiger partial charge in [0, 0.05) is 18.9 Å². The fourth-order valence-corrected chi connectivity index (χ4v) is 5.78. The molecule has 0 amide bonds. The first kappa shape index (κ1) is 16.9. The van der Waals surface area contributed by atoms with E-state index >= 15 is 0 Å². The minimum Gasteiger partial charge on any atom is -0.313 e. The van der Waals surface area contributed by atoms with E-state index in [4.69, 9.17) is 0 Å².